The van der Waals surface area contributed by atoms with Crippen molar-refractivity contribution in [3.8, 4) is 0 Å². The summed E-state index contributed by atoms with van der Waals surface area (Å²) < 4.78 is 0. The van der Waals surface area contributed by atoms with Crippen molar-refractivity contribution in [2.24, 2.45) is 0 Å². The lowest BCUT2D eigenvalue weighted by atomic mass is 10.2. The van der Waals surface area contributed by atoms with Crippen molar-refractivity contribution in [1.29, 1.82) is 0 Å². The fourth-order valence-corrected chi connectivity index (χ4v) is 1.60. The molecule has 1 rings (SSSR count). The van der Waals surface area contributed by atoms with Crippen LogP contribution in [0.15, 0.2) is 30.0 Å². The smallest absolute Gasteiger partial charge is 0.154 e. The third kappa shape index (κ3) is 3.40. The van der Waals surface area contributed by atoms with Crippen LogP contribution in [0.4, 0.5) is 5.69 Å². The number of ketones is 1. The number of para-hydroxylation sites is 1. The van der Waals surface area contributed by atoms with E-state index in [1.54, 1.807) is 6.08 Å². The zero-order valence-corrected chi connectivity index (χ0v) is 9.85. The molecule has 0 saturated carbocycles. The normalized spacial score (nSPS) is 11.3. The Morgan fingerprint density at radius 1 is 1.40 bits per heavy atom. The zero-order chi connectivity index (χ0) is 11.4. The summed E-state index contributed by atoms with van der Waals surface area (Å²) in [6, 6.07) is 5.68. The van der Waals surface area contributed by atoms with Crippen LogP contribution in [0.5, 0.6) is 0 Å². The molecular weight excluding hydrogens is 210 g/mol. The number of rotatable bonds is 3. The molecule has 0 spiro atoms. The summed E-state index contributed by atoms with van der Waals surface area (Å²) in [5.41, 5.74) is 2.70. The number of aryl methyl sites for hydroxylation is 1. The second-order valence-corrected chi connectivity index (χ2v) is 3.90. The minimum Gasteiger partial charge on any atom is -0.358 e. The van der Waals surface area contributed by atoms with Crippen molar-refractivity contribution < 1.29 is 4.79 Å². The molecule has 1 aromatic rings. The SMILES string of the molecule is CC(=O)/C=C(/C)Nc1c(C)cccc1Cl. The van der Waals surface area contributed by atoms with E-state index in [4.69, 9.17) is 11.6 Å². The van der Waals surface area contributed by atoms with Crippen molar-refractivity contribution in [3.05, 3.63) is 40.6 Å². The Bertz CT molecular complexity index is 390. The molecule has 0 aliphatic heterocycles. The Labute approximate surface area is 94.9 Å². The first kappa shape index (κ1) is 11.8. The summed E-state index contributed by atoms with van der Waals surface area (Å²) >= 11 is 6.04. The van der Waals surface area contributed by atoms with Gasteiger partial charge in [0.2, 0.25) is 0 Å². The molecular formula is C12H14ClNO. The Morgan fingerprint density at radius 3 is 2.60 bits per heavy atom. The Hall–Kier alpha value is -1.28. The van der Waals surface area contributed by atoms with Crippen molar-refractivity contribution in [2.45, 2.75) is 20.8 Å². The quantitative estimate of drug-likeness (QED) is 0.794. The van der Waals surface area contributed by atoms with Gasteiger partial charge in [-0.3, -0.25) is 4.79 Å². The highest BCUT2D eigenvalue weighted by Crippen LogP contribution is 2.26. The molecule has 80 valence electrons. The van der Waals surface area contributed by atoms with Crippen molar-refractivity contribution in [1.82, 2.24) is 0 Å². The summed E-state index contributed by atoms with van der Waals surface area (Å²) in [6.45, 7) is 5.32. The van der Waals surface area contributed by atoms with E-state index in [0.29, 0.717) is 5.02 Å². The summed E-state index contributed by atoms with van der Waals surface area (Å²) in [4.78, 5) is 10.9. The number of anilines is 1. The van der Waals surface area contributed by atoms with Crippen molar-refractivity contribution in [3.63, 3.8) is 0 Å². The maximum absolute atomic E-state index is 10.9. The highest BCUT2D eigenvalue weighted by atomic mass is 35.5. The molecule has 2 nitrogen and oxygen atoms in total. The molecule has 0 heterocycles. The fraction of sp³-hybridized carbons (Fsp3) is 0.250. The number of benzene rings is 1. The lowest BCUT2D eigenvalue weighted by Crippen LogP contribution is -2.00. The van der Waals surface area contributed by atoms with Crippen LogP contribution in [0, 0.1) is 6.92 Å². The maximum atomic E-state index is 10.9. The number of carbonyl (C=O) groups excluding carboxylic acids is 1. The predicted molar refractivity (Wildman–Crippen MR) is 64.2 cm³/mol. The molecule has 0 amide bonds. The second kappa shape index (κ2) is 4.99. The standard InChI is InChI=1S/C12H14ClNO/c1-8-5-4-6-11(13)12(8)14-9(2)7-10(3)15/h4-7,14H,1-3H3/b9-7-. The third-order valence-electron chi connectivity index (χ3n) is 1.96. The van der Waals surface area contributed by atoms with Crippen LogP contribution >= 0.6 is 11.6 Å². The van der Waals surface area contributed by atoms with Crippen molar-refractivity contribution >= 4 is 23.1 Å². The van der Waals surface area contributed by atoms with Gasteiger partial charge < -0.3 is 5.32 Å². The summed E-state index contributed by atoms with van der Waals surface area (Å²) in [5, 5.41) is 3.78. The maximum Gasteiger partial charge on any atom is 0.154 e. The molecule has 0 radical (unpaired) electrons. The van der Waals surface area contributed by atoms with Crippen LogP contribution in [0.1, 0.15) is 19.4 Å². The molecule has 0 aliphatic carbocycles. The van der Waals surface area contributed by atoms with Crippen LogP contribution in [0.2, 0.25) is 5.02 Å². The Balaban J connectivity index is 2.94. The van der Waals surface area contributed by atoms with E-state index >= 15 is 0 Å². The highest BCUT2D eigenvalue weighted by molar-refractivity contribution is 6.33. The highest BCUT2D eigenvalue weighted by Gasteiger charge is 2.03. The van der Waals surface area contributed by atoms with Gasteiger partial charge in [0.05, 0.1) is 10.7 Å². The number of nitrogens with one attached hydrogen (secondary N) is 1. The van der Waals surface area contributed by atoms with E-state index < -0.39 is 0 Å². The molecule has 1 aromatic carbocycles. The van der Waals surface area contributed by atoms with Crippen LogP contribution in [-0.2, 0) is 4.79 Å². The minimum atomic E-state index is 0.0182. The topological polar surface area (TPSA) is 29.1 Å². The average molecular weight is 224 g/mol. The van der Waals surface area contributed by atoms with E-state index in [-0.39, 0.29) is 5.78 Å². The van der Waals surface area contributed by atoms with E-state index in [1.807, 2.05) is 32.0 Å². The van der Waals surface area contributed by atoms with Crippen LogP contribution in [-0.4, -0.2) is 5.78 Å². The monoisotopic (exact) mass is 223 g/mol. The number of carbonyl (C=O) groups is 1. The fourth-order valence-electron chi connectivity index (χ4n) is 1.33. The summed E-state index contributed by atoms with van der Waals surface area (Å²) in [7, 11) is 0. The van der Waals surface area contributed by atoms with E-state index in [0.717, 1.165) is 16.9 Å². The molecule has 0 aliphatic rings. The van der Waals surface area contributed by atoms with Gasteiger partial charge in [0.15, 0.2) is 5.78 Å². The first-order valence-corrected chi connectivity index (χ1v) is 5.09. The Kier molecular flexibility index (Phi) is 3.92. The van der Waals surface area contributed by atoms with E-state index in [9.17, 15) is 4.79 Å². The van der Waals surface area contributed by atoms with Crippen molar-refractivity contribution in [2.75, 3.05) is 5.32 Å². The van der Waals surface area contributed by atoms with Gasteiger partial charge in [-0.15, -0.1) is 0 Å². The van der Waals surface area contributed by atoms with Gasteiger partial charge in [0.25, 0.3) is 0 Å². The zero-order valence-electron chi connectivity index (χ0n) is 9.10. The minimum absolute atomic E-state index is 0.0182. The van der Waals surface area contributed by atoms with Crippen LogP contribution in [0.3, 0.4) is 0 Å². The van der Waals surface area contributed by atoms with Gasteiger partial charge in [-0.2, -0.15) is 0 Å². The Morgan fingerprint density at radius 2 is 2.07 bits per heavy atom. The van der Waals surface area contributed by atoms with Gasteiger partial charge in [-0.1, -0.05) is 23.7 Å². The van der Waals surface area contributed by atoms with E-state index in [2.05, 4.69) is 5.32 Å². The molecule has 0 atom stereocenters. The van der Waals surface area contributed by atoms with Crippen LogP contribution < -0.4 is 5.32 Å². The number of hydrogen-bond acceptors (Lipinski definition) is 2. The predicted octanol–water partition coefficient (Wildman–Crippen LogP) is 3.55. The molecule has 1 N–H and O–H groups in total. The first-order valence-electron chi connectivity index (χ1n) is 4.71. The molecule has 0 unspecified atom stereocenters. The molecule has 15 heavy (non-hydrogen) atoms. The second-order valence-electron chi connectivity index (χ2n) is 3.49. The molecule has 0 bridgehead atoms. The number of hydrogen-bond donors (Lipinski definition) is 1. The van der Waals surface area contributed by atoms with Crippen LogP contribution in [0.25, 0.3) is 0 Å². The number of allylic oxidation sites excluding steroid dienone is 2. The van der Waals surface area contributed by atoms with Gasteiger partial charge in [-0.25, -0.2) is 0 Å². The molecule has 0 fully saturated rings. The van der Waals surface area contributed by atoms with Gasteiger partial charge in [0, 0.05) is 5.70 Å². The average Bonchev–Trinajstić information content (AvgIpc) is 2.10. The summed E-state index contributed by atoms with van der Waals surface area (Å²) in [5.74, 6) is 0.0182. The number of halogens is 1. The van der Waals surface area contributed by atoms with E-state index in [1.165, 1.54) is 6.92 Å². The van der Waals surface area contributed by atoms with Gasteiger partial charge in [-0.05, 0) is 38.5 Å². The molecule has 0 saturated heterocycles. The lowest BCUT2D eigenvalue weighted by molar-refractivity contribution is -0.112. The lowest BCUT2D eigenvalue weighted by Gasteiger charge is -2.11. The van der Waals surface area contributed by atoms with Gasteiger partial charge >= 0.3 is 0 Å². The molecule has 0 aromatic heterocycles. The van der Waals surface area contributed by atoms with Gasteiger partial charge in [0.1, 0.15) is 0 Å². The largest absolute Gasteiger partial charge is 0.358 e. The first-order chi connectivity index (χ1) is 7.00. The summed E-state index contributed by atoms with van der Waals surface area (Å²) in [6.07, 6.45) is 1.54. The molecule has 3 heteroatoms. The third-order valence-corrected chi connectivity index (χ3v) is 2.28.